The van der Waals surface area contributed by atoms with Gasteiger partial charge in [-0.05, 0) is 30.7 Å². The maximum absolute atomic E-state index is 12.0. The number of hydrogen-bond donors (Lipinski definition) is 2. The van der Waals surface area contributed by atoms with Crippen LogP contribution in [-0.4, -0.2) is 32.6 Å². The number of anilines is 1. The molecule has 1 aromatic carbocycles. The molecular formula is C12H17F3IN3O2. The molecule has 0 atom stereocenters. The van der Waals surface area contributed by atoms with Crippen molar-refractivity contribution in [3.8, 4) is 5.75 Å². The largest absolute Gasteiger partial charge is 0.573 e. The molecule has 0 radical (unpaired) electrons. The first-order valence-electron chi connectivity index (χ1n) is 5.82. The molecule has 0 unspecified atom stereocenters. The zero-order valence-corrected chi connectivity index (χ0v) is 13.6. The van der Waals surface area contributed by atoms with Crippen LogP contribution in [0.2, 0.25) is 0 Å². The number of ether oxygens (including phenoxy) is 2. The maximum atomic E-state index is 12.0. The van der Waals surface area contributed by atoms with Crippen molar-refractivity contribution >= 4 is 35.6 Å². The van der Waals surface area contributed by atoms with Gasteiger partial charge in [0.1, 0.15) is 5.75 Å². The first-order chi connectivity index (χ1) is 9.40. The van der Waals surface area contributed by atoms with Crippen LogP contribution in [0, 0.1) is 0 Å². The molecule has 120 valence electrons. The summed E-state index contributed by atoms with van der Waals surface area (Å²) in [5.74, 6) is -0.107. The zero-order chi connectivity index (χ0) is 15.0. The van der Waals surface area contributed by atoms with Gasteiger partial charge in [-0.3, -0.25) is 4.99 Å². The summed E-state index contributed by atoms with van der Waals surface area (Å²) >= 11 is 0. The summed E-state index contributed by atoms with van der Waals surface area (Å²) in [6.07, 6.45) is -3.96. The number of rotatable bonds is 6. The van der Waals surface area contributed by atoms with Crippen molar-refractivity contribution in [2.45, 2.75) is 12.8 Å². The van der Waals surface area contributed by atoms with Crippen LogP contribution in [0.5, 0.6) is 5.75 Å². The molecule has 0 fully saturated rings. The third-order valence-corrected chi connectivity index (χ3v) is 2.15. The Morgan fingerprint density at radius 3 is 2.43 bits per heavy atom. The zero-order valence-electron chi connectivity index (χ0n) is 11.3. The lowest BCUT2D eigenvalue weighted by Crippen LogP contribution is -2.23. The summed E-state index contributed by atoms with van der Waals surface area (Å²) in [4.78, 5) is 4.03. The van der Waals surface area contributed by atoms with Crippen molar-refractivity contribution in [3.05, 3.63) is 24.3 Å². The Balaban J connectivity index is 0.00000400. The van der Waals surface area contributed by atoms with Gasteiger partial charge in [-0.1, -0.05) is 0 Å². The Morgan fingerprint density at radius 2 is 1.90 bits per heavy atom. The summed E-state index contributed by atoms with van der Waals surface area (Å²) in [6.45, 7) is 1.09. The van der Waals surface area contributed by atoms with Crippen molar-refractivity contribution < 1.29 is 22.6 Å². The average molecular weight is 419 g/mol. The predicted molar refractivity (Wildman–Crippen MR) is 85.1 cm³/mol. The second-order valence-corrected chi connectivity index (χ2v) is 3.81. The Bertz CT molecular complexity index is 438. The molecule has 9 heteroatoms. The molecule has 0 spiro atoms. The fourth-order valence-corrected chi connectivity index (χ4v) is 1.34. The average Bonchev–Trinajstić information content (AvgIpc) is 2.35. The fourth-order valence-electron chi connectivity index (χ4n) is 1.34. The van der Waals surface area contributed by atoms with Crippen LogP contribution in [0.3, 0.4) is 0 Å². The number of alkyl halides is 3. The summed E-state index contributed by atoms with van der Waals surface area (Å²) < 4.78 is 44.5. The number of guanidine groups is 1. The van der Waals surface area contributed by atoms with Crippen LogP contribution in [-0.2, 0) is 4.74 Å². The van der Waals surface area contributed by atoms with Gasteiger partial charge in [-0.2, -0.15) is 0 Å². The number of nitrogens with two attached hydrogens (primary N) is 1. The summed E-state index contributed by atoms with van der Waals surface area (Å²) in [5.41, 5.74) is 6.14. The number of nitrogens with one attached hydrogen (secondary N) is 1. The third-order valence-electron chi connectivity index (χ3n) is 2.15. The molecule has 0 saturated carbocycles. The number of halogens is 4. The molecule has 0 bridgehead atoms. The highest BCUT2D eigenvalue weighted by atomic mass is 127. The SMILES string of the molecule is COCCCN=C(N)Nc1ccc(OC(F)(F)F)cc1.I. The van der Waals surface area contributed by atoms with E-state index in [1.54, 1.807) is 7.11 Å². The molecule has 1 rings (SSSR count). The van der Waals surface area contributed by atoms with Gasteiger partial charge in [-0.25, -0.2) is 0 Å². The second kappa shape index (κ2) is 9.66. The lowest BCUT2D eigenvalue weighted by Gasteiger charge is -2.10. The first-order valence-corrected chi connectivity index (χ1v) is 5.82. The Kier molecular flexibility index (Phi) is 9.09. The number of benzene rings is 1. The van der Waals surface area contributed by atoms with Gasteiger partial charge in [-0.15, -0.1) is 37.1 Å². The second-order valence-electron chi connectivity index (χ2n) is 3.81. The van der Waals surface area contributed by atoms with Crippen LogP contribution in [0.4, 0.5) is 18.9 Å². The van der Waals surface area contributed by atoms with Crippen LogP contribution in [0.1, 0.15) is 6.42 Å². The van der Waals surface area contributed by atoms with Crippen molar-refractivity contribution in [3.63, 3.8) is 0 Å². The lowest BCUT2D eigenvalue weighted by atomic mass is 10.3. The molecule has 0 aliphatic heterocycles. The molecule has 0 saturated heterocycles. The molecule has 0 amide bonds. The van der Waals surface area contributed by atoms with Crippen LogP contribution in [0.15, 0.2) is 29.3 Å². The standard InChI is InChI=1S/C12H16F3N3O2.HI/c1-19-8-2-7-17-11(16)18-9-3-5-10(6-4-9)20-12(13,14)15;/h3-6H,2,7-8H2,1H3,(H3,16,17,18);1H. The number of methoxy groups -OCH3 is 1. The third kappa shape index (κ3) is 9.34. The van der Waals surface area contributed by atoms with Gasteiger partial charge in [0.05, 0.1) is 0 Å². The van der Waals surface area contributed by atoms with Crippen LogP contribution in [0.25, 0.3) is 0 Å². The minimum Gasteiger partial charge on any atom is -0.406 e. The smallest absolute Gasteiger partial charge is 0.406 e. The van der Waals surface area contributed by atoms with Gasteiger partial charge in [0, 0.05) is 25.9 Å². The van der Waals surface area contributed by atoms with Crippen molar-refractivity contribution in [1.82, 2.24) is 0 Å². The molecule has 0 aromatic heterocycles. The van der Waals surface area contributed by atoms with Crippen molar-refractivity contribution in [2.75, 3.05) is 25.6 Å². The van der Waals surface area contributed by atoms with Crippen LogP contribution >= 0.6 is 24.0 Å². The van der Waals surface area contributed by atoms with E-state index in [0.29, 0.717) is 18.8 Å². The Hall–Kier alpha value is -1.23. The van der Waals surface area contributed by atoms with E-state index in [4.69, 9.17) is 10.5 Å². The number of nitrogens with zero attached hydrogens (tertiary/aromatic N) is 1. The summed E-state index contributed by atoms with van der Waals surface area (Å²) in [7, 11) is 1.59. The number of aliphatic imine (C=N–C) groups is 1. The Morgan fingerprint density at radius 1 is 1.29 bits per heavy atom. The van der Waals surface area contributed by atoms with E-state index in [0.717, 1.165) is 6.42 Å². The van der Waals surface area contributed by atoms with E-state index in [1.165, 1.54) is 24.3 Å². The molecule has 0 aliphatic rings. The molecule has 3 N–H and O–H groups in total. The summed E-state index contributed by atoms with van der Waals surface area (Å²) in [6, 6.07) is 5.21. The predicted octanol–water partition coefficient (Wildman–Crippen LogP) is 2.97. The highest BCUT2D eigenvalue weighted by Crippen LogP contribution is 2.23. The molecule has 0 heterocycles. The normalized spacial score (nSPS) is 11.7. The lowest BCUT2D eigenvalue weighted by molar-refractivity contribution is -0.274. The fraction of sp³-hybridized carbons (Fsp3) is 0.417. The monoisotopic (exact) mass is 419 g/mol. The number of hydrogen-bond acceptors (Lipinski definition) is 3. The molecule has 5 nitrogen and oxygen atoms in total. The topological polar surface area (TPSA) is 68.9 Å². The van der Waals surface area contributed by atoms with E-state index in [9.17, 15) is 13.2 Å². The van der Waals surface area contributed by atoms with Gasteiger partial charge < -0.3 is 20.5 Å². The van der Waals surface area contributed by atoms with E-state index in [-0.39, 0.29) is 35.7 Å². The highest BCUT2D eigenvalue weighted by Gasteiger charge is 2.30. The van der Waals surface area contributed by atoms with Gasteiger partial charge in [0.25, 0.3) is 0 Å². The molecule has 0 aliphatic carbocycles. The van der Waals surface area contributed by atoms with Gasteiger partial charge in [0.15, 0.2) is 5.96 Å². The molecule has 1 aromatic rings. The Labute approximate surface area is 137 Å². The van der Waals surface area contributed by atoms with Crippen molar-refractivity contribution in [2.24, 2.45) is 10.7 Å². The molecule has 21 heavy (non-hydrogen) atoms. The van der Waals surface area contributed by atoms with Crippen LogP contribution < -0.4 is 15.8 Å². The first kappa shape index (κ1) is 19.8. The van der Waals surface area contributed by atoms with Gasteiger partial charge >= 0.3 is 6.36 Å². The van der Waals surface area contributed by atoms with E-state index in [1.807, 2.05) is 0 Å². The minimum absolute atomic E-state index is 0. The van der Waals surface area contributed by atoms with E-state index in [2.05, 4.69) is 15.0 Å². The molecular weight excluding hydrogens is 402 g/mol. The summed E-state index contributed by atoms with van der Waals surface area (Å²) in [5, 5.41) is 2.76. The van der Waals surface area contributed by atoms with Gasteiger partial charge in [0.2, 0.25) is 0 Å². The minimum atomic E-state index is -4.70. The quantitative estimate of drug-likeness (QED) is 0.322. The maximum Gasteiger partial charge on any atom is 0.573 e. The van der Waals surface area contributed by atoms with E-state index < -0.39 is 6.36 Å². The van der Waals surface area contributed by atoms with Crippen molar-refractivity contribution in [1.29, 1.82) is 0 Å². The highest BCUT2D eigenvalue weighted by molar-refractivity contribution is 14.0. The van der Waals surface area contributed by atoms with E-state index >= 15 is 0 Å².